The van der Waals surface area contributed by atoms with Gasteiger partial charge < -0.3 is 9.64 Å². The number of nitriles is 1. The average Bonchev–Trinajstić information content (AvgIpc) is 3.48. The van der Waals surface area contributed by atoms with Crippen LogP contribution < -0.4 is 4.90 Å². The van der Waals surface area contributed by atoms with E-state index in [0.29, 0.717) is 35.3 Å². The molecule has 0 unspecified atom stereocenters. The number of amides is 2. The van der Waals surface area contributed by atoms with Gasteiger partial charge in [-0.15, -0.1) is 0 Å². The van der Waals surface area contributed by atoms with E-state index in [0.717, 1.165) is 49.8 Å². The molecule has 3 aliphatic rings. The van der Waals surface area contributed by atoms with Crippen molar-refractivity contribution in [3.8, 4) is 6.07 Å². The van der Waals surface area contributed by atoms with Gasteiger partial charge in [-0.25, -0.2) is 4.79 Å². The Hall–Kier alpha value is -3.04. The van der Waals surface area contributed by atoms with Crippen LogP contribution in [0.25, 0.3) is 0 Å². The molecule has 2 fully saturated rings. The minimum absolute atomic E-state index is 0.0469. The predicted molar refractivity (Wildman–Crippen MR) is 151 cm³/mol. The number of likely N-dealkylation sites (tertiary alicyclic amines) is 1. The van der Waals surface area contributed by atoms with E-state index < -0.39 is 11.0 Å². The molecule has 2 aromatic carbocycles. The molecular formula is C31H38ClN3O3. The van der Waals surface area contributed by atoms with Crippen LogP contribution >= 0.6 is 11.6 Å². The number of hydrogen-bond donors (Lipinski definition) is 0. The zero-order chi connectivity index (χ0) is 27.7. The third-order valence-corrected chi connectivity index (χ3v) is 8.12. The third kappa shape index (κ3) is 5.01. The SMILES string of the molecule is CC.CC(C)(C)OC(=O)N1CCC(c2ccc3c(c2)C2(CCCC2)C(=O)N3c2cccc(Cl)c2C#N)CC1. The molecule has 2 aromatic rings. The monoisotopic (exact) mass is 535 g/mol. The highest BCUT2D eigenvalue weighted by molar-refractivity contribution is 6.32. The maximum atomic E-state index is 14.0. The van der Waals surface area contributed by atoms with E-state index in [2.05, 4.69) is 18.2 Å². The first kappa shape index (κ1) is 28.0. The van der Waals surface area contributed by atoms with Gasteiger partial charge >= 0.3 is 6.09 Å². The Kier molecular flexibility index (Phi) is 8.09. The van der Waals surface area contributed by atoms with Crippen LogP contribution in [0.2, 0.25) is 5.02 Å². The van der Waals surface area contributed by atoms with Gasteiger partial charge in [0.25, 0.3) is 0 Å². The van der Waals surface area contributed by atoms with Gasteiger partial charge in [0.05, 0.1) is 27.4 Å². The Morgan fingerprint density at radius 1 is 1.08 bits per heavy atom. The molecule has 0 aromatic heterocycles. The summed E-state index contributed by atoms with van der Waals surface area (Å²) in [6, 6.07) is 13.8. The lowest BCUT2D eigenvalue weighted by atomic mass is 9.78. The molecule has 1 saturated heterocycles. The maximum Gasteiger partial charge on any atom is 0.410 e. The minimum atomic E-state index is -0.544. The topological polar surface area (TPSA) is 73.6 Å². The molecule has 2 aliphatic heterocycles. The number of rotatable bonds is 2. The molecule has 0 radical (unpaired) electrons. The number of ether oxygens (including phenoxy) is 1. The second-order valence-corrected chi connectivity index (χ2v) is 11.6. The molecule has 202 valence electrons. The summed E-state index contributed by atoms with van der Waals surface area (Å²) in [5, 5.41) is 10.1. The normalized spacial score (nSPS) is 18.6. The number of carbonyl (C=O) groups excluding carboxylic acids is 2. The molecule has 2 heterocycles. The van der Waals surface area contributed by atoms with Crippen LogP contribution in [0.3, 0.4) is 0 Å². The highest BCUT2D eigenvalue weighted by atomic mass is 35.5. The Morgan fingerprint density at radius 3 is 2.34 bits per heavy atom. The molecule has 0 atom stereocenters. The lowest BCUT2D eigenvalue weighted by molar-refractivity contribution is -0.122. The number of hydrogen-bond acceptors (Lipinski definition) is 4. The predicted octanol–water partition coefficient (Wildman–Crippen LogP) is 7.84. The largest absolute Gasteiger partial charge is 0.444 e. The van der Waals surface area contributed by atoms with Crippen LogP contribution in [0.1, 0.15) is 95.8 Å². The summed E-state index contributed by atoms with van der Waals surface area (Å²) in [4.78, 5) is 30.0. The van der Waals surface area contributed by atoms with Crippen LogP contribution in [0.5, 0.6) is 0 Å². The first-order valence-corrected chi connectivity index (χ1v) is 14.2. The van der Waals surface area contributed by atoms with Crippen molar-refractivity contribution in [2.45, 2.75) is 90.1 Å². The smallest absolute Gasteiger partial charge is 0.410 e. The van der Waals surface area contributed by atoms with E-state index in [1.54, 1.807) is 28.0 Å². The third-order valence-electron chi connectivity index (χ3n) is 7.81. The molecule has 1 aliphatic carbocycles. The van der Waals surface area contributed by atoms with Crippen molar-refractivity contribution in [3.63, 3.8) is 0 Å². The van der Waals surface area contributed by atoms with E-state index in [9.17, 15) is 14.9 Å². The first-order chi connectivity index (χ1) is 18.1. The molecule has 38 heavy (non-hydrogen) atoms. The zero-order valence-electron chi connectivity index (χ0n) is 23.1. The molecule has 2 amide bonds. The quantitative estimate of drug-likeness (QED) is 0.392. The van der Waals surface area contributed by atoms with Gasteiger partial charge in [-0.05, 0) is 81.7 Å². The molecule has 7 heteroatoms. The van der Waals surface area contributed by atoms with Crippen LogP contribution in [0.4, 0.5) is 16.2 Å². The van der Waals surface area contributed by atoms with Gasteiger partial charge in [0.15, 0.2) is 0 Å². The Bertz CT molecular complexity index is 1250. The van der Waals surface area contributed by atoms with Gasteiger partial charge in [-0.1, -0.05) is 56.5 Å². The summed E-state index contributed by atoms with van der Waals surface area (Å²) >= 11 is 6.33. The van der Waals surface area contributed by atoms with Crippen LogP contribution in [0.15, 0.2) is 36.4 Å². The second kappa shape index (κ2) is 11.0. The summed E-state index contributed by atoms with van der Waals surface area (Å²) in [7, 11) is 0. The van der Waals surface area contributed by atoms with Crippen molar-refractivity contribution < 1.29 is 14.3 Å². The van der Waals surface area contributed by atoms with Crippen LogP contribution in [-0.4, -0.2) is 35.6 Å². The molecule has 1 spiro atoms. The molecule has 5 rings (SSSR count). The molecule has 0 bridgehead atoms. The number of fused-ring (bicyclic) bond motifs is 2. The van der Waals surface area contributed by atoms with Gasteiger partial charge in [-0.3, -0.25) is 9.69 Å². The van der Waals surface area contributed by atoms with Gasteiger partial charge in [0, 0.05) is 13.1 Å². The Labute approximate surface area is 231 Å². The maximum absolute atomic E-state index is 14.0. The van der Waals surface area contributed by atoms with Crippen molar-refractivity contribution in [2.75, 3.05) is 18.0 Å². The van der Waals surface area contributed by atoms with Crippen molar-refractivity contribution in [1.82, 2.24) is 4.90 Å². The van der Waals surface area contributed by atoms with E-state index in [4.69, 9.17) is 16.3 Å². The molecule has 0 N–H and O–H groups in total. The van der Waals surface area contributed by atoms with Gasteiger partial charge in [0.2, 0.25) is 5.91 Å². The van der Waals surface area contributed by atoms with Crippen molar-refractivity contribution >= 4 is 35.0 Å². The minimum Gasteiger partial charge on any atom is -0.444 e. The number of benzene rings is 2. The summed E-state index contributed by atoms with van der Waals surface area (Å²) in [6.07, 6.45) is 5.12. The Balaban J connectivity index is 0.00000164. The zero-order valence-corrected chi connectivity index (χ0v) is 23.9. The molecular weight excluding hydrogens is 498 g/mol. The fourth-order valence-electron chi connectivity index (χ4n) is 6.06. The molecule has 1 saturated carbocycles. The summed E-state index contributed by atoms with van der Waals surface area (Å²) in [6.45, 7) is 11.0. The number of halogens is 1. The van der Waals surface area contributed by atoms with E-state index in [1.807, 2.05) is 40.7 Å². The van der Waals surface area contributed by atoms with Crippen LogP contribution in [0, 0.1) is 11.3 Å². The number of piperidine rings is 1. The van der Waals surface area contributed by atoms with E-state index in [1.165, 1.54) is 5.56 Å². The average molecular weight is 536 g/mol. The second-order valence-electron chi connectivity index (χ2n) is 11.2. The van der Waals surface area contributed by atoms with Crippen molar-refractivity contribution in [2.24, 2.45) is 0 Å². The van der Waals surface area contributed by atoms with Crippen LogP contribution in [-0.2, 0) is 14.9 Å². The number of carbonyl (C=O) groups is 2. The fraction of sp³-hybridized carbons (Fsp3) is 0.516. The summed E-state index contributed by atoms with van der Waals surface area (Å²) < 4.78 is 5.55. The lowest BCUT2D eigenvalue weighted by Gasteiger charge is -2.34. The lowest BCUT2D eigenvalue weighted by Crippen LogP contribution is -2.41. The van der Waals surface area contributed by atoms with E-state index in [-0.39, 0.29) is 12.0 Å². The number of anilines is 2. The number of nitrogens with zero attached hydrogens (tertiary/aromatic N) is 3. The summed E-state index contributed by atoms with van der Waals surface area (Å²) in [5.41, 5.74) is 2.97. The highest BCUT2D eigenvalue weighted by Gasteiger charge is 2.53. The van der Waals surface area contributed by atoms with Crippen molar-refractivity contribution in [1.29, 1.82) is 5.26 Å². The van der Waals surface area contributed by atoms with Gasteiger partial charge in [0.1, 0.15) is 11.7 Å². The fourth-order valence-corrected chi connectivity index (χ4v) is 6.27. The van der Waals surface area contributed by atoms with Crippen molar-refractivity contribution in [3.05, 3.63) is 58.1 Å². The molecule has 6 nitrogen and oxygen atoms in total. The Morgan fingerprint density at radius 2 is 1.74 bits per heavy atom. The summed E-state index contributed by atoms with van der Waals surface area (Å²) in [5.74, 6) is 0.364. The highest BCUT2D eigenvalue weighted by Crippen LogP contribution is 2.55. The van der Waals surface area contributed by atoms with E-state index >= 15 is 0 Å². The standard InChI is InChI=1S/C29H32ClN3O3.C2H6/c1-28(2,3)36-27(35)32-15-11-19(12-16-32)20-9-10-25-22(17-20)29(13-4-5-14-29)26(34)33(25)24-8-6-7-23(30)21(24)18-31;1-2/h6-10,17,19H,4-5,11-16H2,1-3H3;1-2H3. The van der Waals surface area contributed by atoms with Gasteiger partial charge in [-0.2, -0.15) is 5.26 Å². The first-order valence-electron chi connectivity index (χ1n) is 13.8.